The van der Waals surface area contributed by atoms with Crippen LogP contribution in [-0.2, 0) is 16.0 Å². The maximum absolute atomic E-state index is 12.0. The first-order valence-electron chi connectivity index (χ1n) is 13.0. The molecule has 0 saturated carbocycles. The van der Waals surface area contributed by atoms with Crippen LogP contribution in [0.5, 0.6) is 5.75 Å². The summed E-state index contributed by atoms with van der Waals surface area (Å²) >= 11 is 0. The Hall–Kier alpha value is -2.04. The Labute approximate surface area is 202 Å². The van der Waals surface area contributed by atoms with Gasteiger partial charge in [0.25, 0.3) is 0 Å². The molecule has 0 spiro atoms. The predicted octanol–water partition coefficient (Wildman–Crippen LogP) is 7.40. The van der Waals surface area contributed by atoms with Crippen LogP contribution in [-0.4, -0.2) is 30.6 Å². The van der Waals surface area contributed by atoms with Crippen LogP contribution < -0.4 is 10.1 Å². The summed E-state index contributed by atoms with van der Waals surface area (Å²) in [5.74, 6) is 0.776. The minimum absolute atomic E-state index is 0.372. The monoisotopic (exact) mass is 461 g/mol. The lowest BCUT2D eigenvalue weighted by Gasteiger charge is -2.22. The van der Waals surface area contributed by atoms with Crippen LogP contribution in [0.15, 0.2) is 24.3 Å². The van der Waals surface area contributed by atoms with E-state index in [0.717, 1.165) is 24.0 Å². The Kier molecular flexibility index (Phi) is 15.3. The molecule has 0 heterocycles. The Morgan fingerprint density at radius 3 is 2.00 bits per heavy atom. The number of carbonyl (C=O) groups is 2. The second-order valence-corrected chi connectivity index (χ2v) is 9.94. The molecule has 0 fully saturated rings. The highest BCUT2D eigenvalue weighted by atomic mass is 16.6. The molecule has 1 unspecified atom stereocenters. The van der Waals surface area contributed by atoms with Gasteiger partial charge in [0.05, 0.1) is 12.6 Å². The van der Waals surface area contributed by atoms with Crippen LogP contribution in [0.1, 0.15) is 110 Å². The van der Waals surface area contributed by atoms with E-state index in [1.54, 1.807) is 20.8 Å². The van der Waals surface area contributed by atoms with E-state index >= 15 is 0 Å². The van der Waals surface area contributed by atoms with Crippen LogP contribution >= 0.6 is 0 Å². The standard InChI is InChI=1S/C28H47NO4/c1-5-6-7-8-9-10-11-12-13-14-15-18-21-32-26-20-17-16-19-24(26)22-25(23-30)29-27(31)33-28(2,3)4/h16-17,19-20,23,25H,5-15,18,21-22H2,1-4H3,(H,29,31). The number of rotatable bonds is 18. The summed E-state index contributed by atoms with van der Waals surface area (Å²) in [4.78, 5) is 23.5. The van der Waals surface area contributed by atoms with Crippen molar-refractivity contribution in [1.82, 2.24) is 5.32 Å². The number of hydrogen-bond acceptors (Lipinski definition) is 4. The zero-order valence-corrected chi connectivity index (χ0v) is 21.5. The van der Waals surface area contributed by atoms with E-state index in [1.807, 2.05) is 24.3 Å². The van der Waals surface area contributed by atoms with Gasteiger partial charge < -0.3 is 19.6 Å². The van der Waals surface area contributed by atoms with E-state index in [0.29, 0.717) is 13.0 Å². The summed E-state index contributed by atoms with van der Waals surface area (Å²) in [7, 11) is 0. The highest BCUT2D eigenvalue weighted by Crippen LogP contribution is 2.20. The van der Waals surface area contributed by atoms with Gasteiger partial charge in [0.15, 0.2) is 0 Å². The SMILES string of the molecule is CCCCCCCCCCCCCCOc1ccccc1CC(C=O)NC(=O)OC(C)(C)C. The minimum atomic E-state index is -0.656. The van der Waals surface area contributed by atoms with E-state index in [1.165, 1.54) is 70.6 Å². The molecule has 1 N–H and O–H groups in total. The summed E-state index contributed by atoms with van der Waals surface area (Å²) in [6.45, 7) is 8.31. The van der Waals surface area contributed by atoms with E-state index in [9.17, 15) is 9.59 Å². The van der Waals surface area contributed by atoms with E-state index < -0.39 is 17.7 Å². The molecule has 33 heavy (non-hydrogen) atoms. The highest BCUT2D eigenvalue weighted by Gasteiger charge is 2.20. The first-order chi connectivity index (χ1) is 15.9. The second-order valence-electron chi connectivity index (χ2n) is 9.94. The number of nitrogens with one attached hydrogen (secondary N) is 1. The number of para-hydroxylation sites is 1. The van der Waals surface area contributed by atoms with Crippen LogP contribution in [0.2, 0.25) is 0 Å². The zero-order valence-electron chi connectivity index (χ0n) is 21.5. The number of alkyl carbamates (subject to hydrolysis) is 1. The molecule has 0 aliphatic heterocycles. The lowest BCUT2D eigenvalue weighted by molar-refractivity contribution is -0.109. The largest absolute Gasteiger partial charge is 0.493 e. The maximum Gasteiger partial charge on any atom is 0.408 e. The summed E-state index contributed by atoms with van der Waals surface area (Å²) in [5.41, 5.74) is 0.303. The molecule has 5 nitrogen and oxygen atoms in total. The van der Waals surface area contributed by atoms with Crippen molar-refractivity contribution in [2.45, 2.75) is 123 Å². The smallest absolute Gasteiger partial charge is 0.408 e. The van der Waals surface area contributed by atoms with Gasteiger partial charge in [-0.15, -0.1) is 0 Å². The molecule has 1 aromatic rings. The van der Waals surface area contributed by atoms with Gasteiger partial charge in [-0.3, -0.25) is 0 Å². The third kappa shape index (κ3) is 15.4. The van der Waals surface area contributed by atoms with Crippen LogP contribution in [0.4, 0.5) is 4.79 Å². The van der Waals surface area contributed by atoms with Gasteiger partial charge in [-0.2, -0.15) is 0 Å². The van der Waals surface area contributed by atoms with Gasteiger partial charge >= 0.3 is 6.09 Å². The first-order valence-corrected chi connectivity index (χ1v) is 13.0. The van der Waals surface area contributed by atoms with Crippen molar-refractivity contribution < 1.29 is 19.1 Å². The molecule has 188 valence electrons. The van der Waals surface area contributed by atoms with E-state index in [4.69, 9.17) is 9.47 Å². The fourth-order valence-electron chi connectivity index (χ4n) is 3.77. The highest BCUT2D eigenvalue weighted by molar-refractivity contribution is 5.73. The predicted molar refractivity (Wildman–Crippen MR) is 136 cm³/mol. The number of carbonyl (C=O) groups excluding carboxylic acids is 2. The number of ether oxygens (including phenoxy) is 2. The molecule has 5 heteroatoms. The molecule has 1 atom stereocenters. The normalized spacial score (nSPS) is 12.2. The molecule has 0 radical (unpaired) electrons. The number of benzene rings is 1. The third-order valence-corrected chi connectivity index (χ3v) is 5.53. The van der Waals surface area contributed by atoms with Crippen molar-refractivity contribution in [3.8, 4) is 5.75 Å². The molecular formula is C28H47NO4. The molecule has 0 aliphatic rings. The number of amides is 1. The average Bonchev–Trinajstić information content (AvgIpc) is 2.76. The molecule has 1 amide bonds. The van der Waals surface area contributed by atoms with Gasteiger partial charge in [-0.05, 0) is 38.8 Å². The van der Waals surface area contributed by atoms with Crippen molar-refractivity contribution in [2.24, 2.45) is 0 Å². The second kappa shape index (κ2) is 17.4. The van der Waals surface area contributed by atoms with Crippen molar-refractivity contribution >= 4 is 12.4 Å². The summed E-state index contributed by atoms with van der Waals surface area (Å²) in [6, 6.07) is 7.05. The number of hydrogen-bond donors (Lipinski definition) is 1. The van der Waals surface area contributed by atoms with Gasteiger partial charge in [0.1, 0.15) is 17.6 Å². The van der Waals surface area contributed by atoms with E-state index in [2.05, 4.69) is 12.2 Å². The minimum Gasteiger partial charge on any atom is -0.493 e. The Morgan fingerprint density at radius 2 is 1.45 bits per heavy atom. The van der Waals surface area contributed by atoms with Crippen molar-refractivity contribution in [1.29, 1.82) is 0 Å². The summed E-state index contributed by atoms with van der Waals surface area (Å²) in [5, 5.41) is 2.63. The number of aldehydes is 1. The van der Waals surface area contributed by atoms with Crippen molar-refractivity contribution in [2.75, 3.05) is 6.61 Å². The van der Waals surface area contributed by atoms with Crippen LogP contribution in [0.3, 0.4) is 0 Å². The Balaban J connectivity index is 2.24. The molecule has 0 bridgehead atoms. The van der Waals surface area contributed by atoms with Gasteiger partial charge in [0.2, 0.25) is 0 Å². The fraction of sp³-hybridized carbons (Fsp3) is 0.714. The van der Waals surface area contributed by atoms with Gasteiger partial charge in [-0.1, -0.05) is 95.8 Å². The Bertz CT molecular complexity index is 654. The molecular weight excluding hydrogens is 414 g/mol. The lowest BCUT2D eigenvalue weighted by Crippen LogP contribution is -2.41. The number of unbranched alkanes of at least 4 members (excludes halogenated alkanes) is 11. The van der Waals surface area contributed by atoms with Gasteiger partial charge in [-0.25, -0.2) is 4.79 Å². The maximum atomic E-state index is 12.0. The zero-order chi connectivity index (χ0) is 24.4. The topological polar surface area (TPSA) is 64.6 Å². The lowest BCUT2D eigenvalue weighted by atomic mass is 10.1. The quantitative estimate of drug-likeness (QED) is 0.183. The summed E-state index contributed by atoms with van der Waals surface area (Å²) < 4.78 is 11.3. The van der Waals surface area contributed by atoms with Crippen molar-refractivity contribution in [3.63, 3.8) is 0 Å². The average molecular weight is 462 g/mol. The fourth-order valence-corrected chi connectivity index (χ4v) is 3.77. The molecule has 1 rings (SSSR count). The third-order valence-electron chi connectivity index (χ3n) is 5.53. The van der Waals surface area contributed by atoms with Crippen LogP contribution in [0, 0.1) is 0 Å². The van der Waals surface area contributed by atoms with Crippen LogP contribution in [0.25, 0.3) is 0 Å². The Morgan fingerprint density at radius 1 is 0.909 bits per heavy atom. The van der Waals surface area contributed by atoms with Crippen molar-refractivity contribution in [3.05, 3.63) is 29.8 Å². The summed E-state index contributed by atoms with van der Waals surface area (Å²) in [6.07, 6.45) is 16.3. The molecule has 1 aromatic carbocycles. The van der Waals surface area contributed by atoms with Gasteiger partial charge in [0, 0.05) is 6.42 Å². The molecule has 0 aromatic heterocycles. The molecule has 0 aliphatic carbocycles. The first kappa shape index (κ1) is 29.0. The van der Waals surface area contributed by atoms with E-state index in [-0.39, 0.29) is 0 Å². The molecule has 0 saturated heterocycles.